The summed E-state index contributed by atoms with van der Waals surface area (Å²) in [5.41, 5.74) is 2.95. The standard InChI is InChI=1S/C22H24N2O3/c1-14(2)21(25)24-20(22(26)27-17-8-6-7-15(3)11-17)12-16-13-23-19-10-5-4-9-18(16)19/h4-11,13-14,20,23H,12H2,1-3H3,(H,24,25). The molecule has 1 atom stereocenters. The first-order valence-electron chi connectivity index (χ1n) is 9.08. The van der Waals surface area contributed by atoms with Crippen molar-refractivity contribution in [1.29, 1.82) is 0 Å². The highest BCUT2D eigenvalue weighted by Crippen LogP contribution is 2.20. The van der Waals surface area contributed by atoms with Gasteiger partial charge in [0.1, 0.15) is 11.8 Å². The van der Waals surface area contributed by atoms with Crippen LogP contribution in [0.2, 0.25) is 0 Å². The molecular formula is C22H24N2O3. The molecule has 0 saturated heterocycles. The van der Waals surface area contributed by atoms with E-state index in [1.807, 2.05) is 49.5 Å². The number of carbonyl (C=O) groups is 2. The van der Waals surface area contributed by atoms with Gasteiger partial charge in [0, 0.05) is 29.4 Å². The number of hydrogen-bond donors (Lipinski definition) is 2. The highest BCUT2D eigenvalue weighted by atomic mass is 16.5. The van der Waals surface area contributed by atoms with E-state index in [0.717, 1.165) is 22.0 Å². The van der Waals surface area contributed by atoms with Crippen LogP contribution < -0.4 is 10.1 Å². The Morgan fingerprint density at radius 3 is 2.63 bits per heavy atom. The maximum absolute atomic E-state index is 12.8. The van der Waals surface area contributed by atoms with Gasteiger partial charge < -0.3 is 15.0 Å². The van der Waals surface area contributed by atoms with E-state index in [0.29, 0.717) is 12.2 Å². The van der Waals surface area contributed by atoms with Gasteiger partial charge >= 0.3 is 5.97 Å². The zero-order valence-electron chi connectivity index (χ0n) is 15.8. The second-order valence-electron chi connectivity index (χ2n) is 7.02. The Kier molecular flexibility index (Phi) is 5.60. The van der Waals surface area contributed by atoms with Crippen LogP contribution in [-0.4, -0.2) is 22.9 Å². The van der Waals surface area contributed by atoms with Crippen molar-refractivity contribution in [2.45, 2.75) is 33.2 Å². The van der Waals surface area contributed by atoms with Crippen molar-refractivity contribution < 1.29 is 14.3 Å². The van der Waals surface area contributed by atoms with Crippen LogP contribution in [0.25, 0.3) is 10.9 Å². The van der Waals surface area contributed by atoms with Crippen LogP contribution in [0.4, 0.5) is 0 Å². The number of benzene rings is 2. The van der Waals surface area contributed by atoms with Gasteiger partial charge in [0.15, 0.2) is 0 Å². The van der Waals surface area contributed by atoms with Gasteiger partial charge in [-0.1, -0.05) is 44.2 Å². The van der Waals surface area contributed by atoms with Gasteiger partial charge in [0.2, 0.25) is 5.91 Å². The van der Waals surface area contributed by atoms with Gasteiger partial charge in [0.25, 0.3) is 0 Å². The molecule has 0 radical (unpaired) electrons. The fourth-order valence-corrected chi connectivity index (χ4v) is 2.92. The minimum Gasteiger partial charge on any atom is -0.425 e. The second-order valence-corrected chi connectivity index (χ2v) is 7.02. The molecule has 140 valence electrons. The first-order chi connectivity index (χ1) is 12.9. The Morgan fingerprint density at radius 2 is 1.89 bits per heavy atom. The molecule has 0 fully saturated rings. The Bertz CT molecular complexity index is 959. The molecule has 2 N–H and O–H groups in total. The van der Waals surface area contributed by atoms with Gasteiger partial charge in [0.05, 0.1) is 0 Å². The van der Waals surface area contributed by atoms with Crippen LogP contribution in [0.3, 0.4) is 0 Å². The zero-order valence-corrected chi connectivity index (χ0v) is 15.8. The molecule has 0 bridgehead atoms. The number of esters is 1. The molecule has 1 amide bonds. The van der Waals surface area contributed by atoms with Crippen molar-refractivity contribution in [3.05, 3.63) is 65.9 Å². The first-order valence-corrected chi connectivity index (χ1v) is 9.08. The summed E-state index contributed by atoms with van der Waals surface area (Å²) >= 11 is 0. The maximum atomic E-state index is 12.8. The summed E-state index contributed by atoms with van der Waals surface area (Å²) < 4.78 is 5.53. The normalized spacial score (nSPS) is 12.1. The quantitative estimate of drug-likeness (QED) is 0.517. The Balaban J connectivity index is 1.83. The van der Waals surface area contributed by atoms with Gasteiger partial charge in [-0.05, 0) is 36.2 Å². The largest absolute Gasteiger partial charge is 0.425 e. The lowest BCUT2D eigenvalue weighted by atomic mass is 10.0. The summed E-state index contributed by atoms with van der Waals surface area (Å²) in [7, 11) is 0. The van der Waals surface area contributed by atoms with E-state index in [-0.39, 0.29) is 11.8 Å². The number of ether oxygens (including phenoxy) is 1. The first kappa shape index (κ1) is 18.7. The number of nitrogens with one attached hydrogen (secondary N) is 2. The average Bonchev–Trinajstić information content (AvgIpc) is 3.04. The van der Waals surface area contributed by atoms with Crippen molar-refractivity contribution in [3.63, 3.8) is 0 Å². The van der Waals surface area contributed by atoms with Gasteiger partial charge in [-0.2, -0.15) is 0 Å². The van der Waals surface area contributed by atoms with E-state index in [1.54, 1.807) is 26.0 Å². The van der Waals surface area contributed by atoms with Crippen molar-refractivity contribution in [2.75, 3.05) is 0 Å². The Hall–Kier alpha value is -3.08. The number of hydrogen-bond acceptors (Lipinski definition) is 3. The fraction of sp³-hybridized carbons (Fsp3) is 0.273. The Labute approximate surface area is 158 Å². The van der Waals surface area contributed by atoms with Crippen LogP contribution >= 0.6 is 0 Å². The smallest absolute Gasteiger partial charge is 0.334 e. The number of fused-ring (bicyclic) bond motifs is 1. The number of rotatable bonds is 6. The highest BCUT2D eigenvalue weighted by molar-refractivity contribution is 5.88. The summed E-state index contributed by atoms with van der Waals surface area (Å²) in [6.07, 6.45) is 2.23. The van der Waals surface area contributed by atoms with E-state index in [9.17, 15) is 9.59 Å². The molecule has 1 heterocycles. The summed E-state index contributed by atoms with van der Waals surface area (Å²) in [5.74, 6) is -0.397. The van der Waals surface area contributed by atoms with Crippen molar-refractivity contribution in [2.24, 2.45) is 5.92 Å². The van der Waals surface area contributed by atoms with Gasteiger partial charge in [-0.3, -0.25) is 4.79 Å². The molecule has 0 aliphatic carbocycles. The minimum atomic E-state index is -0.764. The topological polar surface area (TPSA) is 71.2 Å². The van der Waals surface area contributed by atoms with E-state index in [4.69, 9.17) is 4.74 Å². The fourth-order valence-electron chi connectivity index (χ4n) is 2.92. The third-order valence-corrected chi connectivity index (χ3v) is 4.43. The predicted octanol–water partition coefficient (Wildman–Crippen LogP) is 3.77. The number of H-pyrrole nitrogens is 1. The number of amides is 1. The van der Waals surface area contributed by atoms with Crippen LogP contribution in [0.1, 0.15) is 25.0 Å². The third-order valence-electron chi connectivity index (χ3n) is 4.43. The number of aromatic nitrogens is 1. The third kappa shape index (κ3) is 4.56. The molecule has 1 aromatic heterocycles. The monoisotopic (exact) mass is 364 g/mol. The van der Waals surface area contributed by atoms with Crippen molar-refractivity contribution >= 4 is 22.8 Å². The second kappa shape index (κ2) is 8.08. The van der Waals surface area contributed by atoms with E-state index in [1.165, 1.54) is 0 Å². The maximum Gasteiger partial charge on any atom is 0.334 e. The van der Waals surface area contributed by atoms with E-state index < -0.39 is 12.0 Å². The molecule has 0 saturated carbocycles. The van der Waals surface area contributed by atoms with Gasteiger partial charge in [-0.25, -0.2) is 4.79 Å². The van der Waals surface area contributed by atoms with Crippen molar-refractivity contribution in [3.8, 4) is 5.75 Å². The highest BCUT2D eigenvalue weighted by Gasteiger charge is 2.25. The molecule has 5 nitrogen and oxygen atoms in total. The molecule has 0 aliphatic heterocycles. The van der Waals surface area contributed by atoms with Crippen LogP contribution in [0.5, 0.6) is 5.75 Å². The number of para-hydroxylation sites is 1. The predicted molar refractivity (Wildman–Crippen MR) is 106 cm³/mol. The van der Waals surface area contributed by atoms with Crippen LogP contribution in [0.15, 0.2) is 54.7 Å². The number of carbonyl (C=O) groups excluding carboxylic acids is 2. The molecule has 3 aromatic rings. The molecule has 5 heteroatoms. The van der Waals surface area contributed by atoms with Crippen LogP contribution in [-0.2, 0) is 16.0 Å². The molecule has 27 heavy (non-hydrogen) atoms. The lowest BCUT2D eigenvalue weighted by Gasteiger charge is -2.19. The lowest BCUT2D eigenvalue weighted by Crippen LogP contribution is -2.46. The molecule has 1 unspecified atom stereocenters. The molecule has 0 aliphatic rings. The molecule has 0 spiro atoms. The molecule has 2 aromatic carbocycles. The van der Waals surface area contributed by atoms with Crippen LogP contribution in [0, 0.1) is 12.8 Å². The average molecular weight is 364 g/mol. The summed E-state index contributed by atoms with van der Waals surface area (Å²) in [6, 6.07) is 14.4. The lowest BCUT2D eigenvalue weighted by molar-refractivity contribution is -0.139. The van der Waals surface area contributed by atoms with Crippen molar-refractivity contribution in [1.82, 2.24) is 10.3 Å². The summed E-state index contributed by atoms with van der Waals surface area (Å²) in [4.78, 5) is 28.2. The van der Waals surface area contributed by atoms with E-state index >= 15 is 0 Å². The van der Waals surface area contributed by atoms with Gasteiger partial charge in [-0.15, -0.1) is 0 Å². The Morgan fingerprint density at radius 1 is 1.11 bits per heavy atom. The summed E-state index contributed by atoms with van der Waals surface area (Å²) in [5, 5.41) is 3.86. The number of aryl methyl sites for hydroxylation is 1. The van der Waals surface area contributed by atoms with E-state index in [2.05, 4.69) is 10.3 Å². The SMILES string of the molecule is Cc1cccc(OC(=O)C(Cc2c[nH]c3ccccc23)NC(=O)C(C)C)c1. The molecule has 3 rings (SSSR count). The minimum absolute atomic E-state index is 0.180. The number of aromatic amines is 1. The zero-order chi connectivity index (χ0) is 19.4. The summed E-state index contributed by atoms with van der Waals surface area (Å²) in [6.45, 7) is 5.52. The molecular weight excluding hydrogens is 340 g/mol.